The smallest absolute Gasteiger partial charge is 0.254 e. The van der Waals surface area contributed by atoms with E-state index in [1.807, 2.05) is 12.1 Å². The summed E-state index contributed by atoms with van der Waals surface area (Å²) in [4.78, 5) is 34.5. The van der Waals surface area contributed by atoms with Crippen LogP contribution in [0, 0.1) is 0 Å². The van der Waals surface area contributed by atoms with Crippen LogP contribution in [0.2, 0.25) is 0 Å². The number of methoxy groups -OCH3 is 1. The molecule has 0 spiro atoms. The van der Waals surface area contributed by atoms with Crippen LogP contribution in [0.5, 0.6) is 5.88 Å². The van der Waals surface area contributed by atoms with Gasteiger partial charge in [0.2, 0.25) is 5.88 Å². The van der Waals surface area contributed by atoms with E-state index < -0.39 is 5.60 Å². The number of fused-ring (bicyclic) bond motifs is 5. The number of carbonyl (C=O) groups is 1. The Morgan fingerprint density at radius 3 is 2.82 bits per heavy atom. The maximum Gasteiger partial charge on any atom is 0.254 e. The highest BCUT2D eigenvalue weighted by Gasteiger charge is 2.43. The molecule has 1 aliphatic heterocycles. The summed E-state index contributed by atoms with van der Waals surface area (Å²) >= 11 is 0. The molecule has 4 heterocycles. The van der Waals surface area contributed by atoms with Gasteiger partial charge in [0, 0.05) is 34.6 Å². The number of ether oxygens (including phenoxy) is 1. The Balaban J connectivity index is 1.76. The lowest BCUT2D eigenvalue weighted by Crippen LogP contribution is -2.43. The molecule has 1 atom stereocenters. The van der Waals surface area contributed by atoms with Crippen LogP contribution < -0.4 is 10.3 Å². The summed E-state index contributed by atoms with van der Waals surface area (Å²) in [5, 5.41) is 11.9. The van der Waals surface area contributed by atoms with Gasteiger partial charge in [-0.2, -0.15) is 0 Å². The Kier molecular flexibility index (Phi) is 3.49. The standard InChI is InChI=1S/C21H19N3O4/c1-3-21(27)14-8-16-19-12(6-11-7-18(28-2)22-9-15(11)23-19)10-24(16)20(26)13(14)4-5-17(21)25/h6-9,27H,3-5,10H2,1-2H3/t21-/m0/s1. The number of aromatic nitrogens is 3. The van der Waals surface area contributed by atoms with E-state index in [0.717, 1.165) is 10.9 Å². The molecule has 0 saturated heterocycles. The first-order chi connectivity index (χ1) is 13.5. The molecule has 0 bridgehead atoms. The molecule has 0 unspecified atom stereocenters. The third kappa shape index (κ3) is 2.13. The summed E-state index contributed by atoms with van der Waals surface area (Å²) in [6.07, 6.45) is 2.43. The molecule has 142 valence electrons. The van der Waals surface area contributed by atoms with Gasteiger partial charge in [-0.15, -0.1) is 0 Å². The fourth-order valence-electron chi connectivity index (χ4n) is 4.36. The fraction of sp³-hybridized carbons (Fsp3) is 0.333. The predicted octanol–water partition coefficient (Wildman–Crippen LogP) is 1.94. The third-order valence-electron chi connectivity index (χ3n) is 5.96. The number of carbonyl (C=O) groups excluding carboxylic acids is 1. The normalized spacial score (nSPS) is 20.0. The van der Waals surface area contributed by atoms with Crippen molar-refractivity contribution in [2.75, 3.05) is 7.11 Å². The highest BCUT2D eigenvalue weighted by atomic mass is 16.5. The van der Waals surface area contributed by atoms with Gasteiger partial charge < -0.3 is 14.4 Å². The molecule has 0 saturated carbocycles. The van der Waals surface area contributed by atoms with E-state index in [4.69, 9.17) is 9.72 Å². The second-order valence-corrected chi connectivity index (χ2v) is 7.37. The number of hydrogen-bond donors (Lipinski definition) is 1. The molecular formula is C21H19N3O4. The van der Waals surface area contributed by atoms with Gasteiger partial charge in [0.1, 0.15) is 5.60 Å². The van der Waals surface area contributed by atoms with Crippen molar-refractivity contribution in [3.63, 3.8) is 0 Å². The lowest BCUT2D eigenvalue weighted by Gasteiger charge is -2.32. The zero-order valence-corrected chi connectivity index (χ0v) is 15.7. The van der Waals surface area contributed by atoms with E-state index in [1.165, 1.54) is 0 Å². The molecule has 3 aromatic heterocycles. The third-order valence-corrected chi connectivity index (χ3v) is 5.96. The Hall–Kier alpha value is -3.06. The van der Waals surface area contributed by atoms with Crippen LogP contribution in [0.4, 0.5) is 0 Å². The van der Waals surface area contributed by atoms with Gasteiger partial charge in [0.05, 0.1) is 36.8 Å². The molecule has 3 aromatic rings. The van der Waals surface area contributed by atoms with E-state index >= 15 is 0 Å². The minimum Gasteiger partial charge on any atom is -0.481 e. The largest absolute Gasteiger partial charge is 0.481 e. The summed E-state index contributed by atoms with van der Waals surface area (Å²) < 4.78 is 6.87. The number of rotatable bonds is 2. The molecule has 0 fully saturated rings. The molecular weight excluding hydrogens is 358 g/mol. The minimum absolute atomic E-state index is 0.148. The van der Waals surface area contributed by atoms with Crippen molar-refractivity contribution in [2.24, 2.45) is 0 Å². The maximum atomic E-state index is 13.2. The Morgan fingerprint density at radius 2 is 2.07 bits per heavy atom. The van der Waals surface area contributed by atoms with Gasteiger partial charge in [0.15, 0.2) is 5.78 Å². The van der Waals surface area contributed by atoms with Crippen molar-refractivity contribution in [2.45, 2.75) is 38.3 Å². The number of hydrogen-bond acceptors (Lipinski definition) is 6. The van der Waals surface area contributed by atoms with Crippen LogP contribution in [0.25, 0.3) is 22.3 Å². The average Bonchev–Trinajstić information content (AvgIpc) is 3.07. The first kappa shape index (κ1) is 17.1. The molecule has 5 rings (SSSR count). The predicted molar refractivity (Wildman–Crippen MR) is 102 cm³/mol. The average molecular weight is 377 g/mol. The SMILES string of the molecule is CC[C@@]1(O)C(=O)CCc2c1cc1n(c2=O)Cc2cc3cc(OC)ncc3nc2-1. The van der Waals surface area contributed by atoms with E-state index in [-0.39, 0.29) is 24.2 Å². The highest BCUT2D eigenvalue weighted by Crippen LogP contribution is 2.39. The lowest BCUT2D eigenvalue weighted by atomic mass is 9.77. The van der Waals surface area contributed by atoms with Crippen molar-refractivity contribution in [1.29, 1.82) is 0 Å². The molecule has 0 radical (unpaired) electrons. The highest BCUT2D eigenvalue weighted by molar-refractivity contribution is 5.91. The topological polar surface area (TPSA) is 94.3 Å². The summed E-state index contributed by atoms with van der Waals surface area (Å²) in [6.45, 7) is 2.18. The quantitative estimate of drug-likeness (QED) is 0.574. The van der Waals surface area contributed by atoms with Crippen molar-refractivity contribution < 1.29 is 14.6 Å². The first-order valence-corrected chi connectivity index (χ1v) is 9.33. The van der Waals surface area contributed by atoms with Gasteiger partial charge in [-0.1, -0.05) is 6.92 Å². The molecule has 28 heavy (non-hydrogen) atoms. The van der Waals surface area contributed by atoms with Gasteiger partial charge in [-0.3, -0.25) is 9.59 Å². The Labute approximate surface area is 160 Å². The van der Waals surface area contributed by atoms with E-state index in [9.17, 15) is 14.7 Å². The molecule has 0 amide bonds. The van der Waals surface area contributed by atoms with Crippen LogP contribution in [0.3, 0.4) is 0 Å². The van der Waals surface area contributed by atoms with Crippen molar-refractivity contribution in [3.8, 4) is 17.3 Å². The number of nitrogens with zero attached hydrogens (tertiary/aromatic N) is 3. The monoisotopic (exact) mass is 377 g/mol. The molecule has 2 aliphatic rings. The van der Waals surface area contributed by atoms with Crippen LogP contribution in [-0.2, 0) is 23.4 Å². The number of Topliss-reactive ketones (excluding diaryl/α,β-unsaturated/α-hetero) is 1. The fourth-order valence-corrected chi connectivity index (χ4v) is 4.36. The molecule has 1 N–H and O–H groups in total. The van der Waals surface area contributed by atoms with Crippen LogP contribution in [0.15, 0.2) is 29.2 Å². The number of aliphatic hydroxyl groups is 1. The zero-order chi connectivity index (χ0) is 19.6. The number of ketones is 1. The second-order valence-electron chi connectivity index (χ2n) is 7.37. The van der Waals surface area contributed by atoms with Gasteiger partial charge in [-0.25, -0.2) is 9.97 Å². The molecule has 7 nitrogen and oxygen atoms in total. The Bertz CT molecular complexity index is 1230. The van der Waals surface area contributed by atoms with Crippen molar-refractivity contribution >= 4 is 16.7 Å². The van der Waals surface area contributed by atoms with Crippen LogP contribution in [-0.4, -0.2) is 32.5 Å². The summed E-state index contributed by atoms with van der Waals surface area (Å²) in [7, 11) is 1.56. The first-order valence-electron chi connectivity index (χ1n) is 9.33. The summed E-state index contributed by atoms with van der Waals surface area (Å²) in [5.74, 6) is 0.275. The minimum atomic E-state index is -1.60. The van der Waals surface area contributed by atoms with Crippen LogP contribution in [0.1, 0.15) is 36.5 Å². The summed E-state index contributed by atoms with van der Waals surface area (Å²) in [6, 6.07) is 5.58. The maximum absolute atomic E-state index is 13.2. The Morgan fingerprint density at radius 1 is 1.25 bits per heavy atom. The van der Waals surface area contributed by atoms with E-state index in [0.29, 0.717) is 46.9 Å². The van der Waals surface area contributed by atoms with E-state index in [2.05, 4.69) is 4.98 Å². The second kappa shape index (κ2) is 5.72. The molecule has 1 aliphatic carbocycles. The lowest BCUT2D eigenvalue weighted by molar-refractivity contribution is -0.140. The van der Waals surface area contributed by atoms with Gasteiger partial charge >= 0.3 is 0 Å². The van der Waals surface area contributed by atoms with Gasteiger partial charge in [-0.05, 0) is 25.0 Å². The van der Waals surface area contributed by atoms with Crippen molar-refractivity contribution in [1.82, 2.24) is 14.5 Å². The van der Waals surface area contributed by atoms with Gasteiger partial charge in [0.25, 0.3) is 5.56 Å². The van der Waals surface area contributed by atoms with Crippen molar-refractivity contribution in [3.05, 3.63) is 51.4 Å². The summed E-state index contributed by atoms with van der Waals surface area (Å²) in [5.41, 5.74) is 2.17. The van der Waals surface area contributed by atoms with Crippen LogP contribution >= 0.6 is 0 Å². The number of pyridine rings is 3. The molecule has 0 aromatic carbocycles. The molecule has 7 heteroatoms. The van der Waals surface area contributed by atoms with E-state index in [1.54, 1.807) is 30.9 Å². The zero-order valence-electron chi connectivity index (χ0n) is 15.7.